The van der Waals surface area contributed by atoms with E-state index in [9.17, 15) is 24.3 Å². The molecule has 2 N–H and O–H groups in total. The van der Waals surface area contributed by atoms with Crippen LogP contribution in [0.3, 0.4) is 0 Å². The van der Waals surface area contributed by atoms with E-state index in [0.29, 0.717) is 12.8 Å². The molecule has 1 saturated carbocycles. The zero-order chi connectivity index (χ0) is 16.7. The Hall–Kier alpha value is -2.12. The van der Waals surface area contributed by atoms with Crippen molar-refractivity contribution in [3.8, 4) is 0 Å². The first-order chi connectivity index (χ1) is 10.4. The normalized spacial score (nSPS) is 20.8. The molecule has 0 saturated heterocycles. The zero-order valence-electron chi connectivity index (χ0n) is 12.8. The van der Waals surface area contributed by atoms with E-state index >= 15 is 0 Å². The molecule has 0 spiro atoms. The lowest BCUT2D eigenvalue weighted by Crippen LogP contribution is -2.46. The number of nitrogens with one attached hydrogen (secondary N) is 1. The summed E-state index contributed by atoms with van der Waals surface area (Å²) >= 11 is 0. The molecule has 0 bridgehead atoms. The van der Waals surface area contributed by atoms with Gasteiger partial charge in [0.2, 0.25) is 5.91 Å². The fourth-order valence-corrected chi connectivity index (χ4v) is 2.64. The first-order valence-electron chi connectivity index (χ1n) is 7.34. The van der Waals surface area contributed by atoms with E-state index in [-0.39, 0.29) is 19.0 Å². The molecule has 22 heavy (non-hydrogen) atoms. The second kappa shape index (κ2) is 8.35. The maximum atomic E-state index is 12.5. The van der Waals surface area contributed by atoms with Gasteiger partial charge in [0.25, 0.3) is 5.91 Å². The van der Waals surface area contributed by atoms with E-state index in [1.54, 1.807) is 6.92 Å². The molecule has 1 aliphatic rings. The molecule has 0 unspecified atom stereocenters. The van der Waals surface area contributed by atoms with Crippen LogP contribution in [0.25, 0.3) is 0 Å². The summed E-state index contributed by atoms with van der Waals surface area (Å²) in [5, 5.41) is 9.23. The quantitative estimate of drug-likeness (QED) is 0.707. The maximum absolute atomic E-state index is 12.5. The lowest BCUT2D eigenvalue weighted by molar-refractivity contribution is -0.158. The largest absolute Gasteiger partial charge is 0.481 e. The van der Waals surface area contributed by atoms with Gasteiger partial charge in [0.1, 0.15) is 6.54 Å². The van der Waals surface area contributed by atoms with Gasteiger partial charge in [0.15, 0.2) is 0 Å². The number of hydroxylamine groups is 1. The van der Waals surface area contributed by atoms with Gasteiger partial charge < -0.3 is 14.8 Å². The molecular formula is C14H22N2O6. The Labute approximate surface area is 128 Å². The summed E-state index contributed by atoms with van der Waals surface area (Å²) in [6, 6.07) is 0. The number of carbonyl (C=O) groups is 4. The Morgan fingerprint density at radius 1 is 1.18 bits per heavy atom. The smallest absolute Gasteiger partial charge is 0.329 e. The molecule has 2 atom stereocenters. The van der Waals surface area contributed by atoms with Gasteiger partial charge in [-0.15, -0.1) is 0 Å². The maximum Gasteiger partial charge on any atom is 0.329 e. The first kappa shape index (κ1) is 17.9. The molecule has 0 heterocycles. The van der Waals surface area contributed by atoms with Gasteiger partial charge in [-0.2, -0.15) is 5.48 Å². The Balaban J connectivity index is 2.67. The van der Waals surface area contributed by atoms with Crippen molar-refractivity contribution in [2.45, 2.75) is 39.5 Å². The van der Waals surface area contributed by atoms with Crippen LogP contribution in [-0.2, 0) is 24.0 Å². The molecule has 0 aromatic rings. The van der Waals surface area contributed by atoms with Gasteiger partial charge in [-0.05, 0) is 19.8 Å². The van der Waals surface area contributed by atoms with Crippen LogP contribution in [-0.4, -0.2) is 46.8 Å². The molecular weight excluding hydrogens is 292 g/mol. The minimum Gasteiger partial charge on any atom is -0.481 e. The van der Waals surface area contributed by atoms with Crippen molar-refractivity contribution in [1.82, 2.24) is 10.4 Å². The van der Waals surface area contributed by atoms with E-state index in [2.05, 4.69) is 4.84 Å². The summed E-state index contributed by atoms with van der Waals surface area (Å²) in [5.41, 5.74) is 1.94. The Bertz CT molecular complexity index is 451. The lowest BCUT2D eigenvalue weighted by atomic mass is 9.78. The van der Waals surface area contributed by atoms with Crippen molar-refractivity contribution in [1.29, 1.82) is 0 Å². The summed E-state index contributed by atoms with van der Waals surface area (Å²) in [6.45, 7) is 2.85. The lowest BCUT2D eigenvalue weighted by Gasteiger charge is -2.32. The van der Waals surface area contributed by atoms with Gasteiger partial charge in [0, 0.05) is 13.5 Å². The number of carbonyl (C=O) groups excluding carboxylic acids is 3. The first-order valence-corrected chi connectivity index (χ1v) is 7.34. The molecule has 1 rings (SSSR count). The van der Waals surface area contributed by atoms with Crippen molar-refractivity contribution < 1.29 is 29.1 Å². The molecule has 0 aliphatic heterocycles. The second-order valence-electron chi connectivity index (χ2n) is 5.31. The summed E-state index contributed by atoms with van der Waals surface area (Å²) < 4.78 is 0. The SMILES string of the molecule is CCN(CC(=O)NOC(C)=O)C(=O)[C@H]1CCCC[C@@H]1C(=O)O. The third-order valence-electron chi connectivity index (χ3n) is 3.74. The second-order valence-corrected chi connectivity index (χ2v) is 5.31. The van der Waals surface area contributed by atoms with E-state index in [1.165, 1.54) is 4.90 Å². The molecule has 1 fully saturated rings. The highest BCUT2D eigenvalue weighted by Gasteiger charge is 2.37. The standard InChI is InChI=1S/C14H22N2O6/c1-3-16(8-12(18)15-22-9(2)17)13(19)10-6-4-5-7-11(10)14(20)21/h10-11H,3-8H2,1-2H3,(H,15,18)(H,20,21)/t10-,11-/m0/s1. The van der Waals surface area contributed by atoms with Crippen LogP contribution in [0.5, 0.6) is 0 Å². The Morgan fingerprint density at radius 3 is 2.27 bits per heavy atom. The van der Waals surface area contributed by atoms with Crippen molar-refractivity contribution in [2.24, 2.45) is 11.8 Å². The van der Waals surface area contributed by atoms with E-state index in [1.807, 2.05) is 5.48 Å². The number of amides is 2. The van der Waals surface area contributed by atoms with Crippen molar-refractivity contribution in [2.75, 3.05) is 13.1 Å². The minimum absolute atomic E-state index is 0.272. The fraction of sp³-hybridized carbons (Fsp3) is 0.714. The molecule has 0 aromatic heterocycles. The van der Waals surface area contributed by atoms with Crippen LogP contribution in [0, 0.1) is 11.8 Å². The molecule has 0 aromatic carbocycles. The minimum atomic E-state index is -0.974. The summed E-state index contributed by atoms with van der Waals surface area (Å²) in [4.78, 5) is 51.7. The molecule has 124 valence electrons. The Kier molecular flexibility index (Phi) is 6.81. The zero-order valence-corrected chi connectivity index (χ0v) is 12.8. The third-order valence-corrected chi connectivity index (χ3v) is 3.74. The topological polar surface area (TPSA) is 113 Å². The van der Waals surface area contributed by atoms with Gasteiger partial charge >= 0.3 is 11.9 Å². The summed E-state index contributed by atoms with van der Waals surface area (Å²) in [7, 11) is 0. The summed E-state index contributed by atoms with van der Waals surface area (Å²) in [5.74, 6) is -3.92. The molecule has 1 aliphatic carbocycles. The number of carboxylic acids is 1. The molecule has 2 amide bonds. The highest BCUT2D eigenvalue weighted by molar-refractivity contribution is 5.88. The van der Waals surface area contributed by atoms with Gasteiger partial charge in [-0.25, -0.2) is 0 Å². The number of hydrogen-bond donors (Lipinski definition) is 2. The van der Waals surface area contributed by atoms with Gasteiger partial charge in [-0.1, -0.05) is 12.8 Å². The number of carboxylic acid groups (broad SMARTS) is 1. The highest BCUT2D eigenvalue weighted by Crippen LogP contribution is 2.31. The van der Waals surface area contributed by atoms with Crippen LogP contribution in [0.1, 0.15) is 39.5 Å². The fourth-order valence-electron chi connectivity index (χ4n) is 2.64. The number of rotatable bonds is 5. The molecule has 8 nitrogen and oxygen atoms in total. The average Bonchev–Trinajstić information content (AvgIpc) is 2.49. The van der Waals surface area contributed by atoms with Gasteiger partial charge in [0.05, 0.1) is 11.8 Å². The van der Waals surface area contributed by atoms with E-state index in [4.69, 9.17) is 0 Å². The van der Waals surface area contributed by atoms with Crippen LogP contribution in [0.2, 0.25) is 0 Å². The predicted octanol–water partition coefficient (Wildman–Crippen LogP) is 0.320. The molecule has 0 radical (unpaired) electrons. The number of hydrogen-bond acceptors (Lipinski definition) is 5. The van der Waals surface area contributed by atoms with Crippen LogP contribution >= 0.6 is 0 Å². The van der Waals surface area contributed by atoms with Gasteiger partial charge in [-0.3, -0.25) is 19.2 Å². The van der Waals surface area contributed by atoms with Crippen molar-refractivity contribution in [3.63, 3.8) is 0 Å². The average molecular weight is 314 g/mol. The van der Waals surface area contributed by atoms with Crippen LogP contribution in [0.15, 0.2) is 0 Å². The van der Waals surface area contributed by atoms with Crippen molar-refractivity contribution in [3.05, 3.63) is 0 Å². The van der Waals surface area contributed by atoms with E-state index < -0.39 is 29.7 Å². The highest BCUT2D eigenvalue weighted by atomic mass is 16.7. The Morgan fingerprint density at radius 2 is 1.77 bits per heavy atom. The predicted molar refractivity (Wildman–Crippen MR) is 75.2 cm³/mol. The number of nitrogens with zero attached hydrogens (tertiary/aromatic N) is 1. The van der Waals surface area contributed by atoms with Crippen molar-refractivity contribution >= 4 is 23.8 Å². The molecule has 8 heteroatoms. The third kappa shape index (κ3) is 5.01. The van der Waals surface area contributed by atoms with Crippen LogP contribution < -0.4 is 5.48 Å². The number of likely N-dealkylation sites (N-methyl/N-ethyl adjacent to an activating group) is 1. The summed E-state index contributed by atoms with van der Waals surface area (Å²) in [6.07, 6.45) is 2.58. The number of aliphatic carboxylic acids is 1. The van der Waals surface area contributed by atoms with Crippen LogP contribution in [0.4, 0.5) is 0 Å². The monoisotopic (exact) mass is 314 g/mol. The van der Waals surface area contributed by atoms with E-state index in [0.717, 1.165) is 19.8 Å².